The van der Waals surface area contributed by atoms with Gasteiger partial charge in [-0.05, 0) is 71.7 Å². The van der Waals surface area contributed by atoms with Crippen molar-refractivity contribution in [1.29, 1.82) is 5.26 Å². The van der Waals surface area contributed by atoms with E-state index in [1.54, 1.807) is 36.4 Å². The van der Waals surface area contributed by atoms with Gasteiger partial charge in [-0.2, -0.15) is 10.2 Å². The van der Waals surface area contributed by atoms with E-state index in [4.69, 9.17) is 0 Å². The monoisotopic (exact) mass is 594 g/mol. The van der Waals surface area contributed by atoms with Crippen molar-refractivity contribution in [3.8, 4) is 23.1 Å². The Labute approximate surface area is 249 Å². The van der Waals surface area contributed by atoms with Gasteiger partial charge in [0.05, 0.1) is 28.1 Å². The molecule has 218 valence electrons. The summed E-state index contributed by atoms with van der Waals surface area (Å²) >= 11 is 0. The first-order valence-corrected chi connectivity index (χ1v) is 15.8. The molecule has 2 N–H and O–H groups in total. The van der Waals surface area contributed by atoms with Crippen molar-refractivity contribution in [2.24, 2.45) is 5.92 Å². The van der Waals surface area contributed by atoms with E-state index in [1.807, 2.05) is 25.1 Å². The number of rotatable bonds is 9. The van der Waals surface area contributed by atoms with Crippen molar-refractivity contribution in [2.45, 2.75) is 61.4 Å². The summed E-state index contributed by atoms with van der Waals surface area (Å²) in [6, 6.07) is 20.0. The first-order chi connectivity index (χ1) is 20.7. The molecular weight excluding hydrogens is 564 g/mol. The van der Waals surface area contributed by atoms with Gasteiger partial charge in [0.15, 0.2) is 4.90 Å². The number of nitrogens with zero attached hydrogens (tertiary/aromatic N) is 3. The molecule has 1 fully saturated rings. The third-order valence-electron chi connectivity index (χ3n) is 8.15. The van der Waals surface area contributed by atoms with Gasteiger partial charge in [0.1, 0.15) is 5.82 Å². The molecule has 9 nitrogen and oxygen atoms in total. The van der Waals surface area contributed by atoms with Crippen molar-refractivity contribution in [2.75, 3.05) is 0 Å². The fraction of sp³-hybridized carbons (Fsp3) is 0.273. The number of carbonyl (C=O) groups is 1. The van der Waals surface area contributed by atoms with Gasteiger partial charge in [-0.3, -0.25) is 14.2 Å². The van der Waals surface area contributed by atoms with Gasteiger partial charge < -0.3 is 10.4 Å². The second-order valence-corrected chi connectivity index (χ2v) is 12.9. The molecule has 4 aromatic rings. The molecule has 43 heavy (non-hydrogen) atoms. The van der Waals surface area contributed by atoms with Crippen LogP contribution < -0.4 is 10.9 Å². The van der Waals surface area contributed by atoms with E-state index in [2.05, 4.69) is 16.4 Å². The summed E-state index contributed by atoms with van der Waals surface area (Å²) in [7, 11) is -4.49. The minimum absolute atomic E-state index is 0.0676. The molecule has 2 aliphatic rings. The van der Waals surface area contributed by atoms with Crippen molar-refractivity contribution < 1.29 is 18.3 Å². The summed E-state index contributed by atoms with van der Waals surface area (Å²) < 4.78 is 29.4. The van der Waals surface area contributed by atoms with Gasteiger partial charge in [-0.1, -0.05) is 55.8 Å². The fourth-order valence-corrected chi connectivity index (χ4v) is 7.21. The summed E-state index contributed by atoms with van der Waals surface area (Å²) in [6.07, 6.45) is 3.56. The molecule has 1 aromatic heterocycles. The number of aromatic hydroxyl groups is 1. The maximum Gasteiger partial charge on any atom is 0.277 e. The lowest BCUT2D eigenvalue weighted by Crippen LogP contribution is -2.34. The van der Waals surface area contributed by atoms with E-state index >= 15 is 0 Å². The van der Waals surface area contributed by atoms with E-state index in [1.165, 1.54) is 16.7 Å². The van der Waals surface area contributed by atoms with Gasteiger partial charge in [0.2, 0.25) is 15.7 Å². The number of nitrogens with one attached hydrogen (secondary N) is 1. The van der Waals surface area contributed by atoms with Crippen LogP contribution in [0.15, 0.2) is 81.3 Å². The highest BCUT2D eigenvalue weighted by Crippen LogP contribution is 2.44. The molecule has 0 radical (unpaired) electrons. The highest BCUT2D eigenvalue weighted by atomic mass is 32.2. The molecule has 3 aromatic carbocycles. The summed E-state index contributed by atoms with van der Waals surface area (Å²) in [5.41, 5.74) is 3.07. The molecule has 10 heteroatoms. The summed E-state index contributed by atoms with van der Waals surface area (Å²) in [5.74, 6) is -0.631. The van der Waals surface area contributed by atoms with Crippen molar-refractivity contribution in [1.82, 2.24) is 14.9 Å². The number of carbonyl (C=O) groups excluding carboxylic acids is 1. The zero-order chi connectivity index (χ0) is 30.3. The predicted octanol–water partition coefficient (Wildman–Crippen LogP) is 4.91. The number of benzene rings is 3. The van der Waals surface area contributed by atoms with Crippen LogP contribution in [0.3, 0.4) is 0 Å². The average Bonchev–Trinajstić information content (AvgIpc) is 3.78. The van der Waals surface area contributed by atoms with Crippen LogP contribution >= 0.6 is 0 Å². The van der Waals surface area contributed by atoms with Crippen LogP contribution in [0.1, 0.15) is 71.5 Å². The lowest BCUT2D eigenvalue weighted by molar-refractivity contribution is 0.0966. The van der Waals surface area contributed by atoms with Crippen LogP contribution in [-0.4, -0.2) is 29.0 Å². The molecular formula is C33H30N4O5S. The molecule has 1 atom stereocenters. The number of fused-ring (bicyclic) bond motifs is 1. The molecule has 1 saturated carbocycles. The number of sulfone groups is 1. The second kappa shape index (κ2) is 11.2. The standard InChI is InChI=1S/C33H30N4O5S/c1-2-3-10-27-36-32(39)30(33(40)37(27)29(22-11-12-22)23-7-4-6-20(17-23)18-34)43(41,42)25-15-13-21(14-16-25)26-9-5-8-24-19-35-31(38)28(24)26/h4-9,13-17,22,29,39H,2-3,10-12,19H2,1H3,(H,35,38)/t29-/m0/s1. The lowest BCUT2D eigenvalue weighted by Gasteiger charge is -2.24. The number of nitriles is 1. The van der Waals surface area contributed by atoms with Crippen LogP contribution in [0.2, 0.25) is 0 Å². The molecule has 6 rings (SSSR count). The van der Waals surface area contributed by atoms with Crippen LogP contribution in [0, 0.1) is 17.2 Å². The maximum absolute atomic E-state index is 14.2. The maximum atomic E-state index is 14.2. The highest BCUT2D eigenvalue weighted by Gasteiger charge is 2.38. The molecule has 0 saturated heterocycles. The lowest BCUT2D eigenvalue weighted by atomic mass is 9.97. The largest absolute Gasteiger partial charge is 0.492 e. The Morgan fingerprint density at radius 2 is 1.84 bits per heavy atom. The van der Waals surface area contributed by atoms with Crippen molar-refractivity contribution in [3.05, 3.63) is 105 Å². The molecule has 1 amide bonds. The minimum Gasteiger partial charge on any atom is -0.492 e. The topological polar surface area (TPSA) is 142 Å². The number of unbranched alkanes of at least 4 members (excludes halogenated alkanes) is 1. The highest BCUT2D eigenvalue weighted by molar-refractivity contribution is 7.91. The van der Waals surface area contributed by atoms with Crippen LogP contribution in [0.4, 0.5) is 0 Å². The van der Waals surface area contributed by atoms with Gasteiger partial charge in [-0.15, -0.1) is 0 Å². The van der Waals surface area contributed by atoms with Gasteiger partial charge in [0, 0.05) is 13.0 Å². The smallest absolute Gasteiger partial charge is 0.277 e. The SMILES string of the molecule is CCCCc1nc(O)c(S(=O)(=O)c2ccc(-c3cccc4c3C(=O)NC4)cc2)c(=O)n1[C@H](c1cccc(C#N)c1)C1CC1. The quantitative estimate of drug-likeness (QED) is 0.281. The molecule has 1 aliphatic carbocycles. The summed E-state index contributed by atoms with van der Waals surface area (Å²) in [4.78, 5) is 30.0. The number of aryl methyl sites for hydroxylation is 1. The average molecular weight is 595 g/mol. The second-order valence-electron chi connectivity index (χ2n) is 11.0. The first-order valence-electron chi connectivity index (χ1n) is 14.3. The van der Waals surface area contributed by atoms with E-state index in [-0.39, 0.29) is 16.7 Å². The number of amides is 1. The van der Waals surface area contributed by atoms with Crippen molar-refractivity contribution in [3.63, 3.8) is 0 Å². The zero-order valence-electron chi connectivity index (χ0n) is 23.6. The number of aromatic nitrogens is 2. The third kappa shape index (κ3) is 5.10. The zero-order valence-corrected chi connectivity index (χ0v) is 24.4. The predicted molar refractivity (Wildman–Crippen MR) is 159 cm³/mol. The molecule has 2 heterocycles. The number of hydrogen-bond donors (Lipinski definition) is 2. The molecule has 0 bridgehead atoms. The van der Waals surface area contributed by atoms with Crippen molar-refractivity contribution >= 4 is 15.7 Å². The number of hydrogen-bond acceptors (Lipinski definition) is 7. The Bertz CT molecular complexity index is 1950. The third-order valence-corrected chi connectivity index (χ3v) is 9.94. The normalized spacial score (nSPS) is 15.0. The summed E-state index contributed by atoms with van der Waals surface area (Å²) in [5, 5.41) is 23.3. The van der Waals surface area contributed by atoms with Gasteiger partial charge in [-0.25, -0.2) is 8.42 Å². The van der Waals surface area contributed by atoms with E-state index in [0.29, 0.717) is 47.5 Å². The Morgan fingerprint density at radius 1 is 1.09 bits per heavy atom. The van der Waals surface area contributed by atoms with Crippen LogP contribution in [-0.2, 0) is 22.8 Å². The van der Waals surface area contributed by atoms with Gasteiger partial charge in [0.25, 0.3) is 11.5 Å². The van der Waals surface area contributed by atoms with E-state index in [9.17, 15) is 28.4 Å². The molecule has 0 unspecified atom stereocenters. The molecule has 1 aliphatic heterocycles. The fourth-order valence-electron chi connectivity index (χ4n) is 5.87. The Balaban J connectivity index is 1.47. The first kappa shape index (κ1) is 28.4. The summed E-state index contributed by atoms with van der Waals surface area (Å²) in [6.45, 7) is 2.43. The Kier molecular flexibility index (Phi) is 7.36. The van der Waals surface area contributed by atoms with E-state index < -0.39 is 32.2 Å². The van der Waals surface area contributed by atoms with E-state index in [0.717, 1.165) is 30.4 Å². The van der Waals surface area contributed by atoms with Gasteiger partial charge >= 0.3 is 0 Å². The molecule has 0 spiro atoms. The van der Waals surface area contributed by atoms with Crippen LogP contribution in [0.25, 0.3) is 11.1 Å². The minimum atomic E-state index is -4.49. The van der Waals surface area contributed by atoms with Crippen LogP contribution in [0.5, 0.6) is 5.88 Å². The Hall–Kier alpha value is -4.75. The Morgan fingerprint density at radius 3 is 2.53 bits per heavy atom.